The molecule has 124 valence electrons. The minimum atomic E-state index is -4.45. The fourth-order valence-electron chi connectivity index (χ4n) is 1.98. The third-order valence-corrected chi connectivity index (χ3v) is 3.17. The Kier molecular flexibility index (Phi) is 5.42. The standard InChI is InChI=1S/C17H14F3N3O/c18-17(19,20)13-2-1-3-15(10-13)23-16(24)8-9-22-14-6-4-12(11-21)5-7-14/h1-7,10,22H,8-9H2,(H,23,24). The van der Waals surface area contributed by atoms with Crippen molar-refractivity contribution in [3.63, 3.8) is 0 Å². The van der Waals surface area contributed by atoms with E-state index in [0.29, 0.717) is 12.1 Å². The van der Waals surface area contributed by atoms with Gasteiger partial charge in [-0.15, -0.1) is 0 Å². The number of nitrogens with one attached hydrogen (secondary N) is 2. The Morgan fingerprint density at radius 3 is 2.42 bits per heavy atom. The van der Waals surface area contributed by atoms with Gasteiger partial charge in [-0.25, -0.2) is 0 Å². The lowest BCUT2D eigenvalue weighted by atomic mass is 10.2. The molecular formula is C17H14F3N3O. The van der Waals surface area contributed by atoms with Crippen molar-refractivity contribution in [2.75, 3.05) is 17.2 Å². The monoisotopic (exact) mass is 333 g/mol. The molecule has 1 amide bonds. The van der Waals surface area contributed by atoms with Crippen molar-refractivity contribution in [2.24, 2.45) is 0 Å². The Balaban J connectivity index is 1.84. The number of carbonyl (C=O) groups is 1. The Labute approximate surface area is 136 Å². The first-order valence-corrected chi connectivity index (χ1v) is 7.09. The molecule has 0 aliphatic heterocycles. The van der Waals surface area contributed by atoms with Crippen molar-refractivity contribution in [2.45, 2.75) is 12.6 Å². The summed E-state index contributed by atoms with van der Waals surface area (Å²) < 4.78 is 37.8. The molecule has 2 N–H and O–H groups in total. The summed E-state index contributed by atoms with van der Waals surface area (Å²) in [5, 5.41) is 14.1. The van der Waals surface area contributed by atoms with E-state index in [4.69, 9.17) is 5.26 Å². The summed E-state index contributed by atoms with van der Waals surface area (Å²) in [5.41, 5.74) is 0.577. The molecule has 2 rings (SSSR count). The molecule has 0 fully saturated rings. The Bertz CT molecular complexity index is 749. The van der Waals surface area contributed by atoms with Gasteiger partial charge in [0.2, 0.25) is 5.91 Å². The quantitative estimate of drug-likeness (QED) is 0.869. The maximum Gasteiger partial charge on any atom is 0.416 e. The number of halogens is 3. The lowest BCUT2D eigenvalue weighted by molar-refractivity contribution is -0.137. The van der Waals surface area contributed by atoms with Crippen molar-refractivity contribution in [1.82, 2.24) is 0 Å². The summed E-state index contributed by atoms with van der Waals surface area (Å²) in [5.74, 6) is -0.393. The first-order chi connectivity index (χ1) is 11.4. The maximum atomic E-state index is 12.6. The summed E-state index contributed by atoms with van der Waals surface area (Å²) >= 11 is 0. The molecule has 0 unspecified atom stereocenters. The average Bonchev–Trinajstić information content (AvgIpc) is 2.55. The second-order valence-electron chi connectivity index (χ2n) is 4.99. The number of alkyl halides is 3. The summed E-state index contributed by atoms with van der Waals surface area (Å²) in [6, 6.07) is 13.2. The molecule has 0 saturated carbocycles. The van der Waals surface area contributed by atoms with E-state index in [2.05, 4.69) is 10.6 Å². The lowest BCUT2D eigenvalue weighted by Crippen LogP contribution is -2.16. The van der Waals surface area contributed by atoms with E-state index in [0.717, 1.165) is 17.8 Å². The van der Waals surface area contributed by atoms with E-state index in [1.54, 1.807) is 24.3 Å². The van der Waals surface area contributed by atoms with Crippen LogP contribution in [0.4, 0.5) is 24.5 Å². The molecule has 0 atom stereocenters. The Morgan fingerprint density at radius 1 is 1.08 bits per heavy atom. The van der Waals surface area contributed by atoms with E-state index in [-0.39, 0.29) is 12.1 Å². The number of hydrogen-bond acceptors (Lipinski definition) is 3. The van der Waals surface area contributed by atoms with Crippen LogP contribution in [0, 0.1) is 11.3 Å². The highest BCUT2D eigenvalue weighted by molar-refractivity contribution is 5.91. The van der Waals surface area contributed by atoms with Crippen LogP contribution in [0.3, 0.4) is 0 Å². The van der Waals surface area contributed by atoms with E-state index in [1.807, 2.05) is 6.07 Å². The Morgan fingerprint density at radius 2 is 1.79 bits per heavy atom. The zero-order valence-corrected chi connectivity index (χ0v) is 12.5. The second-order valence-corrected chi connectivity index (χ2v) is 4.99. The van der Waals surface area contributed by atoms with Gasteiger partial charge < -0.3 is 10.6 Å². The largest absolute Gasteiger partial charge is 0.416 e. The van der Waals surface area contributed by atoms with Crippen molar-refractivity contribution in [1.29, 1.82) is 5.26 Å². The number of benzene rings is 2. The molecule has 0 radical (unpaired) electrons. The van der Waals surface area contributed by atoms with Crippen LogP contribution in [0.25, 0.3) is 0 Å². The first kappa shape index (κ1) is 17.3. The second kappa shape index (κ2) is 7.51. The fraction of sp³-hybridized carbons (Fsp3) is 0.176. The number of nitrogens with zero attached hydrogens (tertiary/aromatic N) is 1. The highest BCUT2D eigenvalue weighted by Gasteiger charge is 2.30. The van der Waals surface area contributed by atoms with Crippen LogP contribution in [0.15, 0.2) is 48.5 Å². The Hall–Kier alpha value is -3.01. The number of amides is 1. The van der Waals surface area contributed by atoms with Crippen molar-refractivity contribution in [3.05, 3.63) is 59.7 Å². The van der Waals surface area contributed by atoms with Gasteiger partial charge in [0.1, 0.15) is 0 Å². The van der Waals surface area contributed by atoms with Crippen LogP contribution in [-0.4, -0.2) is 12.5 Å². The SMILES string of the molecule is N#Cc1ccc(NCCC(=O)Nc2cccc(C(F)(F)F)c2)cc1. The van der Waals surface area contributed by atoms with Gasteiger partial charge in [-0.1, -0.05) is 6.07 Å². The van der Waals surface area contributed by atoms with Crippen LogP contribution in [0.5, 0.6) is 0 Å². The number of rotatable bonds is 5. The smallest absolute Gasteiger partial charge is 0.385 e. The summed E-state index contributed by atoms with van der Waals surface area (Å²) in [7, 11) is 0. The number of nitriles is 1. The van der Waals surface area contributed by atoms with Gasteiger partial charge in [0, 0.05) is 24.3 Å². The maximum absolute atomic E-state index is 12.6. The summed E-state index contributed by atoms with van der Waals surface area (Å²) in [6.07, 6.45) is -4.35. The van der Waals surface area contributed by atoms with Gasteiger partial charge in [-0.2, -0.15) is 18.4 Å². The normalized spacial score (nSPS) is 10.8. The van der Waals surface area contributed by atoms with E-state index in [1.165, 1.54) is 12.1 Å². The molecule has 0 aliphatic rings. The molecule has 2 aromatic carbocycles. The molecule has 24 heavy (non-hydrogen) atoms. The van der Waals surface area contributed by atoms with Crippen molar-refractivity contribution >= 4 is 17.3 Å². The predicted octanol–water partition coefficient (Wildman–Crippen LogP) is 4.02. The minimum absolute atomic E-state index is 0.0935. The minimum Gasteiger partial charge on any atom is -0.385 e. The van der Waals surface area contributed by atoms with Crippen molar-refractivity contribution < 1.29 is 18.0 Å². The first-order valence-electron chi connectivity index (χ1n) is 7.09. The van der Waals surface area contributed by atoms with E-state index in [9.17, 15) is 18.0 Å². The van der Waals surface area contributed by atoms with Crippen LogP contribution < -0.4 is 10.6 Å². The average molecular weight is 333 g/mol. The van der Waals surface area contributed by atoms with Gasteiger partial charge in [-0.3, -0.25) is 4.79 Å². The molecular weight excluding hydrogens is 319 g/mol. The number of hydrogen-bond donors (Lipinski definition) is 2. The van der Waals surface area contributed by atoms with Gasteiger partial charge in [0.05, 0.1) is 17.2 Å². The summed E-state index contributed by atoms with van der Waals surface area (Å²) in [6.45, 7) is 0.316. The zero-order valence-electron chi connectivity index (χ0n) is 12.5. The third-order valence-electron chi connectivity index (χ3n) is 3.17. The molecule has 0 bridgehead atoms. The molecule has 2 aromatic rings. The number of carbonyl (C=O) groups excluding carboxylic acids is 1. The van der Waals surface area contributed by atoms with E-state index >= 15 is 0 Å². The topological polar surface area (TPSA) is 64.9 Å². The number of anilines is 2. The molecule has 0 heterocycles. The van der Waals surface area contributed by atoms with Gasteiger partial charge in [-0.05, 0) is 42.5 Å². The molecule has 7 heteroatoms. The predicted molar refractivity (Wildman–Crippen MR) is 84.3 cm³/mol. The fourth-order valence-corrected chi connectivity index (χ4v) is 1.98. The molecule has 0 spiro atoms. The summed E-state index contributed by atoms with van der Waals surface area (Å²) in [4.78, 5) is 11.8. The van der Waals surface area contributed by atoms with Gasteiger partial charge in [0.15, 0.2) is 0 Å². The zero-order chi connectivity index (χ0) is 17.6. The molecule has 0 saturated heterocycles. The van der Waals surface area contributed by atoms with Crippen LogP contribution in [-0.2, 0) is 11.0 Å². The molecule has 0 aliphatic carbocycles. The van der Waals surface area contributed by atoms with Gasteiger partial charge >= 0.3 is 6.18 Å². The van der Waals surface area contributed by atoms with Crippen molar-refractivity contribution in [3.8, 4) is 6.07 Å². The van der Waals surface area contributed by atoms with E-state index < -0.39 is 17.6 Å². The van der Waals surface area contributed by atoms with Crippen LogP contribution >= 0.6 is 0 Å². The van der Waals surface area contributed by atoms with Crippen LogP contribution in [0.2, 0.25) is 0 Å². The highest BCUT2D eigenvalue weighted by Crippen LogP contribution is 2.30. The van der Waals surface area contributed by atoms with Crippen LogP contribution in [0.1, 0.15) is 17.5 Å². The third kappa shape index (κ3) is 5.02. The molecule has 4 nitrogen and oxygen atoms in total. The highest BCUT2D eigenvalue weighted by atomic mass is 19.4. The molecule has 0 aromatic heterocycles. The van der Waals surface area contributed by atoms with Gasteiger partial charge in [0.25, 0.3) is 0 Å². The lowest BCUT2D eigenvalue weighted by Gasteiger charge is -2.10.